The molecule has 0 bridgehead atoms. The summed E-state index contributed by atoms with van der Waals surface area (Å²) >= 11 is 0. The normalized spacial score (nSPS) is 18.0. The van der Waals surface area contributed by atoms with E-state index in [4.69, 9.17) is 18.6 Å². The lowest BCUT2D eigenvalue weighted by atomic mass is 9.82. The van der Waals surface area contributed by atoms with Crippen molar-refractivity contribution in [1.29, 1.82) is 0 Å². The molecular formula is C36H45F2NO5Si. The number of esters is 1. The zero-order valence-electron chi connectivity index (χ0n) is 27.6. The molecule has 1 aliphatic carbocycles. The van der Waals surface area contributed by atoms with Gasteiger partial charge >= 0.3 is 5.97 Å². The second kappa shape index (κ2) is 12.8. The summed E-state index contributed by atoms with van der Waals surface area (Å²) in [6.07, 6.45) is 4.01. The lowest BCUT2D eigenvalue weighted by Gasteiger charge is -2.36. The zero-order chi connectivity index (χ0) is 32.7. The molecule has 5 rings (SSSR count). The summed E-state index contributed by atoms with van der Waals surface area (Å²) < 4.78 is 55.2. The van der Waals surface area contributed by atoms with Crippen molar-refractivity contribution < 1.29 is 32.2 Å². The van der Waals surface area contributed by atoms with Gasteiger partial charge in [-0.2, -0.15) is 0 Å². The molecule has 0 spiro atoms. The molecule has 3 aromatic rings. The van der Waals surface area contributed by atoms with E-state index in [1.54, 1.807) is 12.1 Å². The first-order valence-electron chi connectivity index (χ1n) is 15.8. The van der Waals surface area contributed by atoms with Crippen LogP contribution in [0.3, 0.4) is 0 Å². The largest absolute Gasteiger partial charge is 0.485 e. The van der Waals surface area contributed by atoms with Crippen LogP contribution in [0.1, 0.15) is 81.2 Å². The quantitative estimate of drug-likeness (QED) is 0.163. The van der Waals surface area contributed by atoms with Gasteiger partial charge in [0, 0.05) is 22.8 Å². The van der Waals surface area contributed by atoms with Crippen LogP contribution in [-0.2, 0) is 27.0 Å². The maximum absolute atomic E-state index is 16.8. The van der Waals surface area contributed by atoms with E-state index in [-0.39, 0.29) is 46.5 Å². The van der Waals surface area contributed by atoms with Gasteiger partial charge in [-0.05, 0) is 78.4 Å². The Kier molecular flexibility index (Phi) is 9.43. The predicted octanol–water partition coefficient (Wildman–Crippen LogP) is 8.93. The Morgan fingerprint density at radius 2 is 1.80 bits per heavy atom. The Morgan fingerprint density at radius 3 is 2.44 bits per heavy atom. The summed E-state index contributed by atoms with van der Waals surface area (Å²) in [6, 6.07) is 11.1. The first kappa shape index (κ1) is 33.1. The molecule has 1 aromatic heterocycles. The van der Waals surface area contributed by atoms with E-state index >= 15 is 8.78 Å². The molecule has 1 fully saturated rings. The van der Waals surface area contributed by atoms with Crippen molar-refractivity contribution in [2.45, 2.75) is 90.1 Å². The highest BCUT2D eigenvalue weighted by molar-refractivity contribution is 6.74. The number of carbonyl (C=O) groups is 1. The van der Waals surface area contributed by atoms with Crippen LogP contribution in [0.25, 0.3) is 11.1 Å². The summed E-state index contributed by atoms with van der Waals surface area (Å²) in [6.45, 7) is 12.5. The van der Waals surface area contributed by atoms with Crippen LogP contribution in [-0.4, -0.2) is 33.5 Å². The van der Waals surface area contributed by atoms with Crippen molar-refractivity contribution in [2.24, 2.45) is 11.8 Å². The number of nitrogens with zero attached hydrogens (tertiary/aromatic N) is 1. The highest BCUT2D eigenvalue weighted by Gasteiger charge is 2.40. The fourth-order valence-corrected chi connectivity index (χ4v) is 7.00. The number of aromatic nitrogens is 1. The highest BCUT2D eigenvalue weighted by Crippen LogP contribution is 2.49. The number of hydrogen-bond donors (Lipinski definition) is 0. The maximum Gasteiger partial charge on any atom is 0.309 e. The number of halogens is 2. The number of carbonyl (C=O) groups excluding carboxylic acids is 1. The third-order valence-corrected chi connectivity index (χ3v) is 14.5. The number of benzene rings is 2. The SMILES string of the molecule is COC(=O)[C@@H](C)[C@H](c1ccc2c(c1)OC(c1ccc(-c3cc(OC)ncc3F)c(CO[Si](C)(C)C(C)(C)C)c1F)CC2)C1CC1. The van der Waals surface area contributed by atoms with Crippen LogP contribution in [0.2, 0.25) is 18.1 Å². The summed E-state index contributed by atoms with van der Waals surface area (Å²) in [5.74, 6) is -0.118. The van der Waals surface area contributed by atoms with Crippen LogP contribution in [0.4, 0.5) is 8.78 Å². The zero-order valence-corrected chi connectivity index (χ0v) is 28.6. The summed E-state index contributed by atoms with van der Waals surface area (Å²) in [7, 11) is 0.611. The van der Waals surface area contributed by atoms with Crippen molar-refractivity contribution in [3.8, 4) is 22.8 Å². The van der Waals surface area contributed by atoms with E-state index in [1.807, 2.05) is 13.0 Å². The molecule has 2 aromatic carbocycles. The first-order chi connectivity index (χ1) is 21.3. The molecule has 0 saturated heterocycles. The number of methoxy groups -OCH3 is 2. The van der Waals surface area contributed by atoms with Crippen molar-refractivity contribution in [3.63, 3.8) is 0 Å². The van der Waals surface area contributed by atoms with Gasteiger partial charge in [0.15, 0.2) is 8.32 Å². The number of hydrogen-bond acceptors (Lipinski definition) is 6. The number of aryl methyl sites for hydroxylation is 1. The van der Waals surface area contributed by atoms with E-state index in [9.17, 15) is 4.79 Å². The number of pyridine rings is 1. The standard InChI is InChI=1S/C36H45F2NO5Si/c1-21(35(40)42-6)33(23-10-11-23)24-12-9-22-13-16-30(44-31(22)17-24)26-15-14-25(27-18-32(41-5)39-19-29(27)37)28(34(26)38)20-43-45(7,8)36(2,3)4/h9,12,14-15,17-19,21,23,30,33H,10-11,13,16,20H2,1-8H3/t21-,30?,33-/m0/s1. The van der Waals surface area contributed by atoms with Crippen molar-refractivity contribution in [3.05, 3.63) is 76.5 Å². The summed E-state index contributed by atoms with van der Waals surface area (Å²) in [5, 5.41) is -0.0933. The molecule has 1 saturated carbocycles. The van der Waals surface area contributed by atoms with Gasteiger partial charge in [0.2, 0.25) is 5.88 Å². The van der Waals surface area contributed by atoms with Crippen LogP contribution in [0, 0.1) is 23.5 Å². The van der Waals surface area contributed by atoms with E-state index in [1.165, 1.54) is 20.3 Å². The first-order valence-corrected chi connectivity index (χ1v) is 18.7. The molecule has 2 aliphatic rings. The minimum absolute atomic E-state index is 0.00246. The van der Waals surface area contributed by atoms with Gasteiger partial charge in [0.05, 0.1) is 32.9 Å². The van der Waals surface area contributed by atoms with Gasteiger partial charge < -0.3 is 18.6 Å². The Bertz CT molecular complexity index is 1570. The third kappa shape index (κ3) is 6.80. The van der Waals surface area contributed by atoms with Crippen LogP contribution >= 0.6 is 0 Å². The van der Waals surface area contributed by atoms with Crippen LogP contribution in [0.5, 0.6) is 11.6 Å². The maximum atomic E-state index is 16.8. The molecule has 0 N–H and O–H groups in total. The summed E-state index contributed by atoms with van der Waals surface area (Å²) in [4.78, 5) is 16.4. The summed E-state index contributed by atoms with van der Waals surface area (Å²) in [5.41, 5.74) is 3.39. The predicted molar refractivity (Wildman–Crippen MR) is 173 cm³/mol. The topological polar surface area (TPSA) is 66.9 Å². The molecule has 9 heteroatoms. The monoisotopic (exact) mass is 637 g/mol. The van der Waals surface area contributed by atoms with Gasteiger partial charge in [-0.3, -0.25) is 4.79 Å². The van der Waals surface area contributed by atoms with E-state index in [0.29, 0.717) is 35.6 Å². The number of fused-ring (bicyclic) bond motifs is 1. The van der Waals surface area contributed by atoms with Gasteiger partial charge in [0.25, 0.3) is 0 Å². The second-order valence-corrected chi connectivity index (χ2v) is 18.7. The lowest BCUT2D eigenvalue weighted by Crippen LogP contribution is -2.40. The Morgan fingerprint density at radius 1 is 1.07 bits per heavy atom. The fraction of sp³-hybridized carbons (Fsp3) is 0.500. The molecule has 0 amide bonds. The molecule has 0 radical (unpaired) electrons. The van der Waals surface area contributed by atoms with Crippen LogP contribution in [0.15, 0.2) is 42.6 Å². The lowest BCUT2D eigenvalue weighted by molar-refractivity contribution is -0.145. The molecular weight excluding hydrogens is 592 g/mol. The molecule has 3 atom stereocenters. The molecule has 2 heterocycles. The molecule has 1 unspecified atom stereocenters. The molecule has 1 aliphatic heterocycles. The van der Waals surface area contributed by atoms with Gasteiger partial charge in [-0.1, -0.05) is 52.0 Å². The molecule has 6 nitrogen and oxygen atoms in total. The van der Waals surface area contributed by atoms with E-state index < -0.39 is 26.1 Å². The second-order valence-electron chi connectivity index (χ2n) is 13.9. The minimum Gasteiger partial charge on any atom is -0.485 e. The van der Waals surface area contributed by atoms with Gasteiger partial charge in [-0.15, -0.1) is 0 Å². The third-order valence-electron chi connectivity index (χ3n) is 10.00. The van der Waals surface area contributed by atoms with E-state index in [0.717, 1.165) is 30.2 Å². The molecule has 45 heavy (non-hydrogen) atoms. The number of rotatable bonds is 10. The Labute approximate surface area is 266 Å². The number of ether oxygens (including phenoxy) is 3. The average molecular weight is 638 g/mol. The average Bonchev–Trinajstić information content (AvgIpc) is 3.84. The highest BCUT2D eigenvalue weighted by atomic mass is 28.4. The fourth-order valence-electron chi connectivity index (χ4n) is 6.06. The van der Waals surface area contributed by atoms with Crippen LogP contribution < -0.4 is 9.47 Å². The smallest absolute Gasteiger partial charge is 0.309 e. The molecule has 242 valence electrons. The Hall–Kier alpha value is -3.30. The van der Waals surface area contributed by atoms with Crippen molar-refractivity contribution in [2.75, 3.05) is 14.2 Å². The van der Waals surface area contributed by atoms with Crippen molar-refractivity contribution >= 4 is 14.3 Å². The Balaban J connectivity index is 1.51. The van der Waals surface area contributed by atoms with Gasteiger partial charge in [0.1, 0.15) is 23.5 Å². The van der Waals surface area contributed by atoms with E-state index in [2.05, 4.69) is 51.0 Å². The minimum atomic E-state index is -2.27. The van der Waals surface area contributed by atoms with Gasteiger partial charge in [-0.25, -0.2) is 13.8 Å². The van der Waals surface area contributed by atoms with Crippen molar-refractivity contribution in [1.82, 2.24) is 4.98 Å².